The molecule has 0 aliphatic carbocycles. The Bertz CT molecular complexity index is 726. The molecule has 2 aromatic rings. The van der Waals surface area contributed by atoms with E-state index in [1.165, 1.54) is 0 Å². The summed E-state index contributed by atoms with van der Waals surface area (Å²) in [6.07, 6.45) is 4.67. The highest BCUT2D eigenvalue weighted by atomic mass is 16.5. The SMILES string of the molecule is CCCOc1ccc(CN=C(NCC)N2CCN(c3ccccn3)CC2)cn1. The topological polar surface area (TPSA) is 65.9 Å². The van der Waals surface area contributed by atoms with Gasteiger partial charge in [0.2, 0.25) is 5.88 Å². The van der Waals surface area contributed by atoms with Crippen molar-refractivity contribution in [2.75, 3.05) is 44.2 Å². The molecule has 1 saturated heterocycles. The molecule has 0 atom stereocenters. The van der Waals surface area contributed by atoms with Crippen LogP contribution in [0.2, 0.25) is 0 Å². The second-order valence-electron chi connectivity index (χ2n) is 6.69. The molecule has 3 rings (SSSR count). The van der Waals surface area contributed by atoms with Crippen molar-refractivity contribution in [3.8, 4) is 5.88 Å². The minimum absolute atomic E-state index is 0.601. The highest BCUT2D eigenvalue weighted by Gasteiger charge is 2.20. The van der Waals surface area contributed by atoms with Gasteiger partial charge >= 0.3 is 0 Å². The van der Waals surface area contributed by atoms with Crippen molar-refractivity contribution in [1.29, 1.82) is 0 Å². The summed E-state index contributed by atoms with van der Waals surface area (Å²) in [5.74, 6) is 2.67. The summed E-state index contributed by atoms with van der Waals surface area (Å²) in [5, 5.41) is 3.41. The first-order chi connectivity index (χ1) is 13.8. The predicted molar refractivity (Wildman–Crippen MR) is 113 cm³/mol. The van der Waals surface area contributed by atoms with Crippen molar-refractivity contribution >= 4 is 11.8 Å². The third-order valence-electron chi connectivity index (χ3n) is 4.55. The zero-order valence-electron chi connectivity index (χ0n) is 16.8. The minimum Gasteiger partial charge on any atom is -0.478 e. The van der Waals surface area contributed by atoms with E-state index in [0.29, 0.717) is 19.0 Å². The number of aliphatic imine (C=N–C) groups is 1. The van der Waals surface area contributed by atoms with Gasteiger partial charge in [-0.2, -0.15) is 0 Å². The first kappa shape index (κ1) is 19.9. The lowest BCUT2D eigenvalue weighted by Crippen LogP contribution is -2.52. The van der Waals surface area contributed by atoms with Gasteiger partial charge in [0.05, 0.1) is 13.2 Å². The van der Waals surface area contributed by atoms with Crippen molar-refractivity contribution in [1.82, 2.24) is 20.2 Å². The van der Waals surface area contributed by atoms with E-state index >= 15 is 0 Å². The zero-order valence-corrected chi connectivity index (χ0v) is 16.8. The summed E-state index contributed by atoms with van der Waals surface area (Å²) >= 11 is 0. The van der Waals surface area contributed by atoms with E-state index in [1.807, 2.05) is 36.7 Å². The molecule has 1 N–H and O–H groups in total. The van der Waals surface area contributed by atoms with Gasteiger partial charge in [-0.1, -0.05) is 19.1 Å². The molecule has 0 bridgehead atoms. The molecule has 1 aliphatic heterocycles. The van der Waals surface area contributed by atoms with Gasteiger partial charge in [0.1, 0.15) is 5.82 Å². The highest BCUT2D eigenvalue weighted by molar-refractivity contribution is 5.80. The molecule has 0 aromatic carbocycles. The summed E-state index contributed by atoms with van der Waals surface area (Å²) in [6.45, 7) is 10.0. The Hall–Kier alpha value is -2.83. The fourth-order valence-electron chi connectivity index (χ4n) is 3.08. The Morgan fingerprint density at radius 3 is 2.61 bits per heavy atom. The Labute approximate surface area is 167 Å². The molecule has 1 fully saturated rings. The molecule has 0 unspecified atom stereocenters. The number of piperazine rings is 1. The van der Waals surface area contributed by atoms with Gasteiger partial charge in [-0.25, -0.2) is 15.0 Å². The van der Waals surface area contributed by atoms with Crippen LogP contribution in [0.1, 0.15) is 25.8 Å². The smallest absolute Gasteiger partial charge is 0.213 e. The maximum atomic E-state index is 5.54. The molecular weight excluding hydrogens is 352 g/mol. The second kappa shape index (κ2) is 10.5. The third-order valence-corrected chi connectivity index (χ3v) is 4.55. The Kier molecular flexibility index (Phi) is 7.46. The van der Waals surface area contributed by atoms with E-state index < -0.39 is 0 Å². The number of aromatic nitrogens is 2. The van der Waals surface area contributed by atoms with Crippen LogP contribution in [0.15, 0.2) is 47.7 Å². The molecule has 7 heteroatoms. The molecule has 2 aromatic heterocycles. The van der Waals surface area contributed by atoms with E-state index in [9.17, 15) is 0 Å². The maximum Gasteiger partial charge on any atom is 0.213 e. The lowest BCUT2D eigenvalue weighted by atomic mass is 10.3. The van der Waals surface area contributed by atoms with E-state index in [2.05, 4.69) is 45.0 Å². The minimum atomic E-state index is 0.601. The second-order valence-corrected chi connectivity index (χ2v) is 6.69. The molecular formula is C21H30N6O. The van der Waals surface area contributed by atoms with Crippen molar-refractivity contribution in [3.63, 3.8) is 0 Å². The standard InChI is InChI=1S/C21H30N6O/c1-3-15-28-20-9-8-18(16-24-20)17-25-21(22-4-2)27-13-11-26(12-14-27)19-7-5-6-10-23-19/h5-10,16H,3-4,11-15,17H2,1-2H3,(H,22,25). The predicted octanol–water partition coefficient (Wildman–Crippen LogP) is 2.55. The van der Waals surface area contributed by atoms with Crippen LogP contribution in [0, 0.1) is 0 Å². The van der Waals surface area contributed by atoms with Crippen LogP contribution >= 0.6 is 0 Å². The Morgan fingerprint density at radius 2 is 1.96 bits per heavy atom. The van der Waals surface area contributed by atoms with Crippen LogP contribution in [0.25, 0.3) is 0 Å². The largest absolute Gasteiger partial charge is 0.478 e. The van der Waals surface area contributed by atoms with Gasteiger partial charge in [-0.3, -0.25) is 0 Å². The highest BCUT2D eigenvalue weighted by Crippen LogP contribution is 2.13. The molecule has 0 saturated carbocycles. The Morgan fingerprint density at radius 1 is 1.11 bits per heavy atom. The average molecular weight is 383 g/mol. The van der Waals surface area contributed by atoms with E-state index in [4.69, 9.17) is 9.73 Å². The number of anilines is 1. The maximum absolute atomic E-state index is 5.54. The fourth-order valence-corrected chi connectivity index (χ4v) is 3.08. The van der Waals surface area contributed by atoms with E-state index in [0.717, 1.165) is 56.5 Å². The van der Waals surface area contributed by atoms with Crippen molar-refractivity contribution in [3.05, 3.63) is 48.3 Å². The van der Waals surface area contributed by atoms with Gasteiger partial charge < -0.3 is 19.9 Å². The number of guanidine groups is 1. The van der Waals surface area contributed by atoms with Gasteiger partial charge in [0.25, 0.3) is 0 Å². The van der Waals surface area contributed by atoms with Crippen LogP contribution in [-0.2, 0) is 6.54 Å². The molecule has 1 aliphatic rings. The monoisotopic (exact) mass is 382 g/mol. The van der Waals surface area contributed by atoms with Gasteiger partial charge in [-0.15, -0.1) is 0 Å². The van der Waals surface area contributed by atoms with E-state index in [1.54, 1.807) is 0 Å². The number of nitrogens with one attached hydrogen (secondary N) is 1. The normalized spacial score (nSPS) is 14.9. The lowest BCUT2D eigenvalue weighted by molar-refractivity contribution is 0.305. The molecule has 3 heterocycles. The van der Waals surface area contributed by atoms with Crippen molar-refractivity contribution in [2.45, 2.75) is 26.8 Å². The number of nitrogens with zero attached hydrogens (tertiary/aromatic N) is 5. The van der Waals surface area contributed by atoms with E-state index in [-0.39, 0.29) is 0 Å². The zero-order chi connectivity index (χ0) is 19.6. The van der Waals surface area contributed by atoms with Crippen molar-refractivity contribution in [2.24, 2.45) is 4.99 Å². The van der Waals surface area contributed by atoms with Crippen LogP contribution in [0.3, 0.4) is 0 Å². The van der Waals surface area contributed by atoms with Gasteiger partial charge in [0.15, 0.2) is 5.96 Å². The van der Waals surface area contributed by atoms with Crippen LogP contribution in [0.4, 0.5) is 5.82 Å². The number of ether oxygens (including phenoxy) is 1. The molecule has 0 amide bonds. The molecule has 0 spiro atoms. The molecule has 0 radical (unpaired) electrons. The third kappa shape index (κ3) is 5.58. The molecule has 7 nitrogen and oxygen atoms in total. The van der Waals surface area contributed by atoms with Crippen LogP contribution < -0.4 is 15.0 Å². The van der Waals surface area contributed by atoms with Gasteiger partial charge in [-0.05, 0) is 31.0 Å². The fraction of sp³-hybridized carbons (Fsp3) is 0.476. The first-order valence-corrected chi connectivity index (χ1v) is 10.1. The molecule has 150 valence electrons. The number of pyridine rings is 2. The van der Waals surface area contributed by atoms with Gasteiger partial charge in [0, 0.05) is 51.2 Å². The lowest BCUT2D eigenvalue weighted by Gasteiger charge is -2.37. The quantitative estimate of drug-likeness (QED) is 0.586. The number of hydrogen-bond acceptors (Lipinski definition) is 5. The summed E-state index contributed by atoms with van der Waals surface area (Å²) in [4.78, 5) is 18.3. The summed E-state index contributed by atoms with van der Waals surface area (Å²) in [6, 6.07) is 10.00. The number of hydrogen-bond donors (Lipinski definition) is 1. The first-order valence-electron chi connectivity index (χ1n) is 10.1. The molecule has 28 heavy (non-hydrogen) atoms. The van der Waals surface area contributed by atoms with Crippen LogP contribution in [-0.4, -0.2) is 60.2 Å². The summed E-state index contributed by atoms with van der Waals surface area (Å²) in [7, 11) is 0. The van der Waals surface area contributed by atoms with Crippen LogP contribution in [0.5, 0.6) is 5.88 Å². The van der Waals surface area contributed by atoms with Crippen molar-refractivity contribution < 1.29 is 4.74 Å². The summed E-state index contributed by atoms with van der Waals surface area (Å²) < 4.78 is 5.54. The summed E-state index contributed by atoms with van der Waals surface area (Å²) in [5.41, 5.74) is 1.08. The number of rotatable bonds is 7. The average Bonchev–Trinajstić information content (AvgIpc) is 2.77. The Balaban J connectivity index is 1.57.